The summed E-state index contributed by atoms with van der Waals surface area (Å²) in [6, 6.07) is 9.56. The number of nitrogens with zero attached hydrogens (tertiary/aromatic N) is 4. The van der Waals surface area contributed by atoms with Gasteiger partial charge < -0.3 is 9.15 Å². The van der Waals surface area contributed by atoms with Crippen molar-refractivity contribution < 1.29 is 9.15 Å². The minimum Gasteiger partial charge on any atom is -0.497 e. The number of rotatable bonds is 5. The maximum absolute atomic E-state index is 5.85. The van der Waals surface area contributed by atoms with Crippen molar-refractivity contribution in [3.05, 3.63) is 47.9 Å². The van der Waals surface area contributed by atoms with Crippen molar-refractivity contribution in [3.63, 3.8) is 0 Å². The van der Waals surface area contributed by atoms with Crippen LogP contribution >= 0.6 is 23.1 Å². The van der Waals surface area contributed by atoms with Crippen molar-refractivity contribution in [3.8, 4) is 17.2 Å². The highest BCUT2D eigenvalue weighted by Crippen LogP contribution is 2.37. The van der Waals surface area contributed by atoms with E-state index in [4.69, 9.17) is 9.15 Å². The van der Waals surface area contributed by atoms with Gasteiger partial charge in [0.2, 0.25) is 11.8 Å². The Morgan fingerprint density at radius 3 is 2.76 bits per heavy atom. The lowest BCUT2D eigenvalue weighted by molar-refractivity contribution is 0.415. The molecule has 0 aliphatic heterocycles. The largest absolute Gasteiger partial charge is 0.497 e. The number of aromatic nitrogens is 4. The Balaban J connectivity index is 1.55. The van der Waals surface area contributed by atoms with Gasteiger partial charge in [-0.3, -0.25) is 0 Å². The lowest BCUT2D eigenvalue weighted by atomic mass is 10.2. The van der Waals surface area contributed by atoms with Crippen LogP contribution in [0.15, 0.2) is 51.5 Å². The fourth-order valence-electron chi connectivity index (χ4n) is 2.33. The van der Waals surface area contributed by atoms with Gasteiger partial charge in [0.15, 0.2) is 0 Å². The van der Waals surface area contributed by atoms with E-state index in [1.807, 2.05) is 42.6 Å². The number of hydrogen-bond acceptors (Lipinski definition) is 8. The predicted molar refractivity (Wildman–Crippen MR) is 98.0 cm³/mol. The zero-order valence-electron chi connectivity index (χ0n) is 13.5. The summed E-state index contributed by atoms with van der Waals surface area (Å²) in [5.41, 5.74) is 0.860. The van der Waals surface area contributed by atoms with E-state index in [1.165, 1.54) is 0 Å². The van der Waals surface area contributed by atoms with Gasteiger partial charge in [-0.05, 0) is 42.6 Å². The van der Waals surface area contributed by atoms with E-state index in [9.17, 15) is 0 Å². The second-order valence-corrected chi connectivity index (χ2v) is 7.48. The van der Waals surface area contributed by atoms with Crippen LogP contribution in [0.25, 0.3) is 21.7 Å². The molecule has 126 valence electrons. The van der Waals surface area contributed by atoms with E-state index in [-0.39, 0.29) is 5.25 Å². The molecule has 3 heterocycles. The zero-order valence-corrected chi connectivity index (χ0v) is 15.2. The minimum atomic E-state index is -0.0162. The summed E-state index contributed by atoms with van der Waals surface area (Å²) in [6.07, 6.45) is 1.59. The molecule has 0 spiro atoms. The Morgan fingerprint density at radius 2 is 1.96 bits per heavy atom. The van der Waals surface area contributed by atoms with Crippen molar-refractivity contribution in [1.82, 2.24) is 20.2 Å². The van der Waals surface area contributed by atoms with E-state index >= 15 is 0 Å². The zero-order chi connectivity index (χ0) is 17.2. The first kappa shape index (κ1) is 16.0. The molecule has 1 atom stereocenters. The van der Waals surface area contributed by atoms with Gasteiger partial charge in [0, 0.05) is 10.9 Å². The summed E-state index contributed by atoms with van der Waals surface area (Å²) >= 11 is 3.19. The van der Waals surface area contributed by atoms with Gasteiger partial charge in [-0.1, -0.05) is 11.8 Å². The van der Waals surface area contributed by atoms with Crippen LogP contribution in [-0.2, 0) is 0 Å². The molecule has 4 aromatic rings. The highest BCUT2D eigenvalue weighted by molar-refractivity contribution is 7.99. The number of thioether (sulfide) groups is 1. The van der Waals surface area contributed by atoms with Crippen molar-refractivity contribution >= 4 is 33.3 Å². The van der Waals surface area contributed by atoms with Crippen molar-refractivity contribution in [1.29, 1.82) is 0 Å². The van der Waals surface area contributed by atoms with Crippen molar-refractivity contribution in [2.24, 2.45) is 0 Å². The van der Waals surface area contributed by atoms with Crippen LogP contribution in [0.4, 0.5) is 0 Å². The van der Waals surface area contributed by atoms with Crippen LogP contribution in [0, 0.1) is 0 Å². The van der Waals surface area contributed by atoms with Gasteiger partial charge >= 0.3 is 0 Å². The number of hydrogen-bond donors (Lipinski definition) is 0. The maximum Gasteiger partial charge on any atom is 0.247 e. The van der Waals surface area contributed by atoms with Crippen LogP contribution in [0.5, 0.6) is 5.75 Å². The van der Waals surface area contributed by atoms with E-state index < -0.39 is 0 Å². The summed E-state index contributed by atoms with van der Waals surface area (Å²) in [5.74, 6) is 1.85. The Labute approximate surface area is 152 Å². The van der Waals surface area contributed by atoms with Gasteiger partial charge in [0.25, 0.3) is 0 Å². The van der Waals surface area contributed by atoms with Crippen LogP contribution in [0.1, 0.15) is 18.1 Å². The summed E-state index contributed by atoms with van der Waals surface area (Å²) in [4.78, 5) is 9.64. The van der Waals surface area contributed by atoms with E-state index in [0.717, 1.165) is 26.6 Å². The smallest absolute Gasteiger partial charge is 0.247 e. The number of fused-ring (bicyclic) bond motifs is 1. The van der Waals surface area contributed by atoms with Crippen molar-refractivity contribution in [2.75, 3.05) is 7.11 Å². The molecule has 1 unspecified atom stereocenters. The fraction of sp³-hybridized carbons (Fsp3) is 0.176. The predicted octanol–water partition coefficient (Wildman–Crippen LogP) is 4.60. The van der Waals surface area contributed by atoms with Gasteiger partial charge in [-0.25, -0.2) is 9.97 Å². The molecule has 0 radical (unpaired) electrons. The average Bonchev–Trinajstić information content (AvgIpc) is 3.32. The third-order valence-electron chi connectivity index (χ3n) is 3.64. The Kier molecular flexibility index (Phi) is 4.37. The Bertz CT molecular complexity index is 997. The molecule has 1 aromatic carbocycles. The second kappa shape index (κ2) is 6.81. The van der Waals surface area contributed by atoms with Gasteiger partial charge in [0.1, 0.15) is 21.9 Å². The third kappa shape index (κ3) is 3.22. The molecule has 25 heavy (non-hydrogen) atoms. The lowest BCUT2D eigenvalue weighted by Gasteiger charge is -2.06. The molecule has 0 aliphatic rings. The van der Waals surface area contributed by atoms with E-state index in [1.54, 1.807) is 36.5 Å². The Hall–Kier alpha value is -2.45. The molecule has 8 heteroatoms. The molecule has 4 rings (SSSR count). The van der Waals surface area contributed by atoms with Gasteiger partial charge in [-0.15, -0.1) is 21.5 Å². The molecule has 0 N–H and O–H groups in total. The molecular weight excluding hydrogens is 356 g/mol. The fourth-order valence-corrected chi connectivity index (χ4v) is 4.06. The molecule has 3 aromatic heterocycles. The molecule has 0 saturated carbocycles. The quantitative estimate of drug-likeness (QED) is 0.375. The number of ether oxygens (including phenoxy) is 1. The first-order chi connectivity index (χ1) is 12.2. The topological polar surface area (TPSA) is 73.9 Å². The highest BCUT2D eigenvalue weighted by Gasteiger charge is 2.18. The molecule has 6 nitrogen and oxygen atoms in total. The third-order valence-corrected chi connectivity index (χ3v) is 5.56. The number of methoxy groups -OCH3 is 1. The summed E-state index contributed by atoms with van der Waals surface area (Å²) < 4.78 is 11.0. The lowest BCUT2D eigenvalue weighted by Crippen LogP contribution is -1.91. The number of thiophene rings is 1. The molecule has 0 saturated heterocycles. The van der Waals surface area contributed by atoms with Crippen LogP contribution in [0.2, 0.25) is 0 Å². The minimum absolute atomic E-state index is 0.0162. The van der Waals surface area contributed by atoms with E-state index in [0.29, 0.717) is 11.8 Å². The normalized spacial score (nSPS) is 12.4. The Morgan fingerprint density at radius 1 is 1.12 bits per heavy atom. The standard InChI is InChI=1S/C17H14N4O2S2/c1-10(25-17-13-7-8-24-16(13)18-9-19-17)14-20-21-15(23-14)11-3-5-12(22-2)6-4-11/h3-10H,1-2H3. The average molecular weight is 370 g/mol. The molecular formula is C17H14N4O2S2. The van der Waals surface area contributed by atoms with Crippen LogP contribution < -0.4 is 4.74 Å². The van der Waals surface area contributed by atoms with Gasteiger partial charge in [-0.2, -0.15) is 0 Å². The summed E-state index contributed by atoms with van der Waals surface area (Å²) in [5, 5.41) is 12.3. The SMILES string of the molecule is COc1ccc(-c2nnc(C(C)Sc3ncnc4sccc34)o2)cc1. The summed E-state index contributed by atoms with van der Waals surface area (Å²) in [6.45, 7) is 2.02. The molecule has 0 amide bonds. The number of benzene rings is 1. The van der Waals surface area contributed by atoms with Crippen LogP contribution in [0.3, 0.4) is 0 Å². The highest BCUT2D eigenvalue weighted by atomic mass is 32.2. The van der Waals surface area contributed by atoms with E-state index in [2.05, 4.69) is 20.2 Å². The monoisotopic (exact) mass is 370 g/mol. The second-order valence-electron chi connectivity index (χ2n) is 5.25. The van der Waals surface area contributed by atoms with Gasteiger partial charge in [0.05, 0.1) is 12.4 Å². The molecule has 0 fully saturated rings. The molecule has 0 bridgehead atoms. The molecule has 0 aliphatic carbocycles. The first-order valence-corrected chi connectivity index (χ1v) is 9.33. The maximum atomic E-state index is 5.85. The van der Waals surface area contributed by atoms with Crippen LogP contribution in [-0.4, -0.2) is 27.3 Å². The first-order valence-electron chi connectivity index (χ1n) is 7.57. The van der Waals surface area contributed by atoms with Crippen molar-refractivity contribution in [2.45, 2.75) is 17.2 Å². The summed E-state index contributed by atoms with van der Waals surface area (Å²) in [7, 11) is 1.64.